The maximum atomic E-state index is 12.5. The molecule has 0 fully saturated rings. The fourth-order valence-corrected chi connectivity index (χ4v) is 2.86. The van der Waals surface area contributed by atoms with Crippen LogP contribution >= 0.6 is 11.6 Å². The number of nitrogens with zero attached hydrogens (tertiary/aromatic N) is 4. The zero-order valence-electron chi connectivity index (χ0n) is 18.3. The van der Waals surface area contributed by atoms with Gasteiger partial charge in [0.15, 0.2) is 0 Å². The summed E-state index contributed by atoms with van der Waals surface area (Å²) in [5, 5.41) is 7.04. The first kappa shape index (κ1) is 23.8. The summed E-state index contributed by atoms with van der Waals surface area (Å²) in [5.74, 6) is 0.954. The molecule has 1 aliphatic rings. The number of benzene rings is 1. The molecule has 0 atom stereocenters. The van der Waals surface area contributed by atoms with Crippen molar-refractivity contribution in [1.29, 1.82) is 0 Å². The lowest BCUT2D eigenvalue weighted by atomic mass is 10.2. The highest BCUT2D eigenvalue weighted by Crippen LogP contribution is 2.23. The van der Waals surface area contributed by atoms with Gasteiger partial charge in [0.05, 0.1) is 12.2 Å². The molecule has 2 aromatic rings. The van der Waals surface area contributed by atoms with Crippen LogP contribution in [0.5, 0.6) is 11.6 Å². The van der Waals surface area contributed by atoms with E-state index in [0.717, 1.165) is 5.57 Å². The average Bonchev–Trinajstić information content (AvgIpc) is 3.25. The van der Waals surface area contributed by atoms with Gasteiger partial charge in [-0.3, -0.25) is 15.0 Å². The Morgan fingerprint density at radius 3 is 2.73 bits per heavy atom. The fraction of sp³-hybridized carbons (Fsp3) is 0.217. The number of aliphatic imine (C=N–C) groups is 1. The van der Waals surface area contributed by atoms with Crippen LogP contribution in [0.4, 0.5) is 10.5 Å². The quantitative estimate of drug-likeness (QED) is 0.363. The Kier molecular flexibility index (Phi) is 8.43. The highest BCUT2D eigenvalue weighted by Gasteiger charge is 2.17. The van der Waals surface area contributed by atoms with Crippen LogP contribution in [0, 0.1) is 0 Å². The lowest BCUT2D eigenvalue weighted by Gasteiger charge is -2.23. The van der Waals surface area contributed by atoms with Crippen LogP contribution in [0.3, 0.4) is 0 Å². The molecule has 1 heterocycles. The summed E-state index contributed by atoms with van der Waals surface area (Å²) in [6, 6.07) is 7.99. The summed E-state index contributed by atoms with van der Waals surface area (Å²) in [4.78, 5) is 31.8. The van der Waals surface area contributed by atoms with Gasteiger partial charge >= 0.3 is 6.03 Å². The van der Waals surface area contributed by atoms with Crippen LogP contribution < -0.4 is 10.1 Å². The van der Waals surface area contributed by atoms with Gasteiger partial charge in [-0.1, -0.05) is 29.8 Å². The van der Waals surface area contributed by atoms with Crippen molar-refractivity contribution in [2.24, 2.45) is 4.99 Å². The number of rotatable bonds is 7. The first-order chi connectivity index (χ1) is 16.0. The fourth-order valence-electron chi connectivity index (χ4n) is 2.71. The highest BCUT2D eigenvalue weighted by atomic mass is 35.5. The van der Waals surface area contributed by atoms with E-state index in [1.54, 1.807) is 43.5 Å². The molecule has 172 valence electrons. The van der Waals surface area contributed by atoms with E-state index in [-0.39, 0.29) is 18.5 Å². The zero-order chi connectivity index (χ0) is 23.6. The van der Waals surface area contributed by atoms with Gasteiger partial charge in [0, 0.05) is 24.7 Å². The lowest BCUT2D eigenvalue weighted by molar-refractivity contribution is -0.114. The molecule has 0 unspecified atom stereocenters. The van der Waals surface area contributed by atoms with Gasteiger partial charge in [-0.2, -0.15) is 0 Å². The molecule has 0 saturated carbocycles. The van der Waals surface area contributed by atoms with Crippen molar-refractivity contribution in [2.45, 2.75) is 13.3 Å². The van der Waals surface area contributed by atoms with E-state index in [9.17, 15) is 9.59 Å². The number of ether oxygens (including phenoxy) is 1. The van der Waals surface area contributed by atoms with Crippen LogP contribution in [0.1, 0.15) is 13.3 Å². The second-order valence-corrected chi connectivity index (χ2v) is 7.42. The Hall–Kier alpha value is -3.85. The molecule has 3 amide bonds. The van der Waals surface area contributed by atoms with Gasteiger partial charge in [-0.25, -0.2) is 9.79 Å². The SMILES string of the molecule is CCN(C)C(=O)NC(=Nc1ccc(Oc2ccon2)cc1)N(C=O)CC1=CCC=C(Cl)C=C1. The molecule has 1 aliphatic carbocycles. The van der Waals surface area contributed by atoms with Crippen molar-refractivity contribution in [1.82, 2.24) is 20.3 Å². The van der Waals surface area contributed by atoms with Crippen LogP contribution in [0.25, 0.3) is 0 Å². The second-order valence-electron chi connectivity index (χ2n) is 6.98. The Balaban J connectivity index is 1.83. The van der Waals surface area contributed by atoms with Crippen LogP contribution in [0.2, 0.25) is 0 Å². The standard InChI is InChI=1S/C23H24ClN5O4/c1-3-28(2)23(31)26-22(29(16-30)15-17-5-4-6-18(24)8-7-17)25-19-9-11-20(12-10-19)33-21-13-14-32-27-21/h5-14,16H,3-4,15H2,1-2H3,(H,25,26,31). The van der Waals surface area contributed by atoms with Gasteiger partial charge in [0.2, 0.25) is 12.4 Å². The van der Waals surface area contributed by atoms with E-state index >= 15 is 0 Å². The minimum atomic E-state index is -0.385. The number of guanidine groups is 1. The topological polar surface area (TPSA) is 100 Å². The molecule has 0 saturated heterocycles. The van der Waals surface area contributed by atoms with Crippen molar-refractivity contribution in [3.8, 4) is 11.6 Å². The molecule has 1 aromatic heterocycles. The van der Waals surface area contributed by atoms with Crippen molar-refractivity contribution < 1.29 is 18.8 Å². The molecule has 33 heavy (non-hydrogen) atoms. The van der Waals surface area contributed by atoms with Gasteiger partial charge in [-0.05, 0) is 54.4 Å². The predicted octanol–water partition coefficient (Wildman–Crippen LogP) is 4.58. The normalized spacial score (nSPS) is 13.5. The zero-order valence-corrected chi connectivity index (χ0v) is 19.0. The highest BCUT2D eigenvalue weighted by molar-refractivity contribution is 6.31. The molecule has 0 radical (unpaired) electrons. The number of hydrogen-bond donors (Lipinski definition) is 1. The van der Waals surface area contributed by atoms with Gasteiger partial charge in [-0.15, -0.1) is 0 Å². The van der Waals surface area contributed by atoms with Gasteiger partial charge < -0.3 is 14.2 Å². The van der Waals surface area contributed by atoms with Crippen molar-refractivity contribution in [3.05, 3.63) is 71.5 Å². The summed E-state index contributed by atoms with van der Waals surface area (Å²) in [6.45, 7) is 2.55. The molecule has 0 bridgehead atoms. The number of allylic oxidation sites excluding steroid dienone is 4. The van der Waals surface area contributed by atoms with Crippen LogP contribution in [-0.4, -0.2) is 53.5 Å². The summed E-state index contributed by atoms with van der Waals surface area (Å²) >= 11 is 6.06. The summed E-state index contributed by atoms with van der Waals surface area (Å²) in [5.41, 5.74) is 1.37. The van der Waals surface area contributed by atoms with Crippen molar-refractivity contribution in [2.75, 3.05) is 20.1 Å². The largest absolute Gasteiger partial charge is 0.436 e. The lowest BCUT2D eigenvalue weighted by Crippen LogP contribution is -2.48. The molecule has 0 spiro atoms. The Morgan fingerprint density at radius 2 is 2.06 bits per heavy atom. The third-order valence-corrected chi connectivity index (χ3v) is 4.93. The minimum Gasteiger partial charge on any atom is -0.436 e. The third-order valence-electron chi connectivity index (χ3n) is 4.65. The maximum Gasteiger partial charge on any atom is 0.323 e. The number of carbonyl (C=O) groups excluding carboxylic acids is 2. The number of urea groups is 1. The summed E-state index contributed by atoms with van der Waals surface area (Å²) in [6.07, 6.45) is 10.1. The molecular weight excluding hydrogens is 446 g/mol. The number of amides is 3. The molecule has 10 heteroatoms. The Labute approximate surface area is 196 Å². The molecule has 1 N–H and O–H groups in total. The van der Waals surface area contributed by atoms with Gasteiger partial charge in [0.25, 0.3) is 5.88 Å². The van der Waals surface area contributed by atoms with E-state index in [1.807, 2.05) is 25.2 Å². The van der Waals surface area contributed by atoms with E-state index in [4.69, 9.17) is 20.9 Å². The number of nitrogens with one attached hydrogen (secondary N) is 1. The number of aromatic nitrogens is 1. The summed E-state index contributed by atoms with van der Waals surface area (Å²) < 4.78 is 10.3. The minimum absolute atomic E-state index is 0.0954. The van der Waals surface area contributed by atoms with Gasteiger partial charge in [0.1, 0.15) is 12.0 Å². The average molecular weight is 470 g/mol. The molecule has 9 nitrogen and oxygen atoms in total. The predicted molar refractivity (Wildman–Crippen MR) is 125 cm³/mol. The Morgan fingerprint density at radius 1 is 1.27 bits per heavy atom. The monoisotopic (exact) mass is 469 g/mol. The van der Waals surface area contributed by atoms with Crippen LogP contribution in [-0.2, 0) is 4.79 Å². The van der Waals surface area contributed by atoms with Crippen LogP contribution in [0.15, 0.2) is 81.0 Å². The number of hydrogen-bond acceptors (Lipinski definition) is 6. The molecule has 0 aliphatic heterocycles. The number of carbonyl (C=O) groups is 2. The van der Waals surface area contributed by atoms with E-state index in [2.05, 4.69) is 15.5 Å². The number of halogens is 1. The van der Waals surface area contributed by atoms with Crippen molar-refractivity contribution in [3.63, 3.8) is 0 Å². The van der Waals surface area contributed by atoms with E-state index in [1.165, 1.54) is 16.1 Å². The second kappa shape index (κ2) is 11.7. The van der Waals surface area contributed by atoms with E-state index in [0.29, 0.717) is 41.7 Å². The molecule has 3 rings (SSSR count). The summed E-state index contributed by atoms with van der Waals surface area (Å²) in [7, 11) is 1.65. The molecular formula is C23H24ClN5O4. The Bertz CT molecular complexity index is 1070. The third kappa shape index (κ3) is 7.08. The maximum absolute atomic E-state index is 12.5. The van der Waals surface area contributed by atoms with Crippen molar-refractivity contribution >= 4 is 35.7 Å². The molecule has 1 aromatic carbocycles. The smallest absolute Gasteiger partial charge is 0.323 e. The van der Waals surface area contributed by atoms with E-state index < -0.39 is 0 Å². The first-order valence-electron chi connectivity index (χ1n) is 10.2. The first-order valence-corrected chi connectivity index (χ1v) is 10.6.